The first kappa shape index (κ1) is 61.4. The van der Waals surface area contributed by atoms with Crippen LogP contribution in [0.3, 0.4) is 0 Å². The van der Waals surface area contributed by atoms with Crippen molar-refractivity contribution in [1.82, 2.24) is 0 Å². The SMILES string of the molecule is C.C.C.C.C.C.C#CC(C)(C)O[Si](C)(C)OC(C)(C)C#C.C#CC(C)(C)O[Si](C)(O[Si](C)(C)C)O[Si](C)(C)C[Si](=O)CC. The Labute approximate surface area is 278 Å². The molecule has 0 aliphatic carbocycles. The van der Waals surface area contributed by atoms with Crippen LogP contribution in [0.1, 0.15) is 93.0 Å². The highest BCUT2D eigenvalue weighted by atomic mass is 28.5. The molecule has 0 bridgehead atoms. The van der Waals surface area contributed by atoms with Crippen molar-refractivity contribution in [3.63, 3.8) is 0 Å². The summed E-state index contributed by atoms with van der Waals surface area (Å²) in [5.41, 5.74) is -1.30. The molecular weight excluding hydrogens is 621 g/mol. The van der Waals surface area contributed by atoms with Gasteiger partial charge >= 0.3 is 17.4 Å². The average Bonchev–Trinajstić information content (AvgIpc) is 2.63. The van der Waals surface area contributed by atoms with Crippen LogP contribution < -0.4 is 0 Å². The van der Waals surface area contributed by atoms with Gasteiger partial charge in [-0.15, -0.1) is 19.3 Å². The van der Waals surface area contributed by atoms with Crippen molar-refractivity contribution >= 4 is 42.7 Å². The van der Waals surface area contributed by atoms with Crippen LogP contribution in [-0.4, -0.2) is 59.5 Å². The molecule has 0 saturated heterocycles. The zero-order valence-electron chi connectivity index (χ0n) is 26.1. The minimum atomic E-state index is -2.90. The summed E-state index contributed by atoms with van der Waals surface area (Å²) in [6, 6.07) is 0.717. The second-order valence-electron chi connectivity index (χ2n) is 12.7. The Kier molecular flexibility index (Phi) is 32.6. The van der Waals surface area contributed by atoms with Gasteiger partial charge in [0.2, 0.25) is 0 Å². The van der Waals surface area contributed by atoms with Crippen LogP contribution in [0, 0.1) is 37.0 Å². The third-order valence-corrected chi connectivity index (χ3v) is 20.7. The lowest BCUT2D eigenvalue weighted by Gasteiger charge is -2.41. The van der Waals surface area contributed by atoms with E-state index in [0.717, 1.165) is 0 Å². The highest BCUT2D eigenvalue weighted by Crippen LogP contribution is 2.28. The summed E-state index contributed by atoms with van der Waals surface area (Å²) in [6.45, 7) is 29.3. The molecule has 1 atom stereocenters. The zero-order chi connectivity index (χ0) is 30.1. The van der Waals surface area contributed by atoms with Gasteiger partial charge in [-0.05, 0) is 93.4 Å². The van der Waals surface area contributed by atoms with Gasteiger partial charge in [0.1, 0.15) is 16.8 Å². The predicted octanol–water partition coefficient (Wildman–Crippen LogP) is 10.4. The van der Waals surface area contributed by atoms with Gasteiger partial charge < -0.3 is 26.0 Å². The van der Waals surface area contributed by atoms with Crippen molar-refractivity contribution in [2.24, 2.45) is 0 Å². The molecule has 0 rings (SSSR count). The molecule has 0 amide bonds. The lowest BCUT2D eigenvalue weighted by atomic mass is 10.2. The molecule has 0 fully saturated rings. The van der Waals surface area contributed by atoms with Crippen molar-refractivity contribution in [3.05, 3.63) is 0 Å². The molecule has 0 spiro atoms. The smallest absolute Gasteiger partial charge is 0.417 e. The van der Waals surface area contributed by atoms with Crippen LogP contribution in [0.5, 0.6) is 0 Å². The van der Waals surface area contributed by atoms with Crippen molar-refractivity contribution in [2.45, 2.75) is 174 Å². The number of rotatable bonds is 13. The molecule has 0 radical (unpaired) electrons. The van der Waals surface area contributed by atoms with E-state index in [1.807, 2.05) is 68.1 Å². The molecule has 1 unspecified atom stereocenters. The van der Waals surface area contributed by atoms with Gasteiger partial charge in [0, 0.05) is 12.2 Å². The summed E-state index contributed by atoms with van der Waals surface area (Å²) in [5.74, 6) is 7.81. The molecule has 260 valence electrons. The average molecular weight is 697 g/mol. The van der Waals surface area contributed by atoms with Crippen LogP contribution in [0.2, 0.25) is 64.1 Å². The van der Waals surface area contributed by atoms with Gasteiger partial charge in [-0.3, -0.25) is 0 Å². The van der Waals surface area contributed by atoms with Crippen LogP contribution in [0.15, 0.2) is 0 Å². The topological polar surface area (TPSA) is 63.2 Å². The second-order valence-corrected chi connectivity index (χ2v) is 30.4. The summed E-state index contributed by atoms with van der Waals surface area (Å²) in [5, 5.41) is 0. The fraction of sp³-hybridized carbons (Fsp3) is 0.812. The van der Waals surface area contributed by atoms with Gasteiger partial charge in [-0.2, -0.15) is 0 Å². The summed E-state index contributed by atoms with van der Waals surface area (Å²) < 4.78 is 42.4. The summed E-state index contributed by atoms with van der Waals surface area (Å²) >= 11 is 0. The maximum Gasteiger partial charge on any atom is 0.477 e. The molecule has 0 aromatic heterocycles. The lowest BCUT2D eigenvalue weighted by Crippen LogP contribution is -2.58. The van der Waals surface area contributed by atoms with Crippen molar-refractivity contribution in [2.75, 3.05) is 0 Å². The molecule has 6 nitrogen and oxygen atoms in total. The molecule has 0 aliphatic rings. The Morgan fingerprint density at radius 2 is 0.907 bits per heavy atom. The molecule has 0 aromatic carbocycles. The van der Waals surface area contributed by atoms with E-state index in [9.17, 15) is 4.46 Å². The third kappa shape index (κ3) is 31.1. The molecule has 0 heterocycles. The van der Waals surface area contributed by atoms with Gasteiger partial charge in [0.05, 0.1) is 0 Å². The van der Waals surface area contributed by atoms with E-state index in [1.165, 1.54) is 0 Å². The fourth-order valence-corrected chi connectivity index (χ4v) is 22.2. The zero-order valence-corrected chi connectivity index (χ0v) is 31.1. The maximum absolute atomic E-state index is 12.0. The van der Waals surface area contributed by atoms with Crippen molar-refractivity contribution in [1.29, 1.82) is 0 Å². The quantitative estimate of drug-likeness (QED) is 0.141. The molecule has 0 aromatic rings. The molecule has 0 saturated carbocycles. The summed E-state index contributed by atoms with van der Waals surface area (Å²) in [7, 11) is -10.8. The number of terminal acetylenes is 3. The normalized spacial score (nSPS) is 12.7. The van der Waals surface area contributed by atoms with Gasteiger partial charge in [0.25, 0.3) is 8.68 Å². The van der Waals surface area contributed by atoms with E-state index in [1.54, 1.807) is 0 Å². The Bertz CT molecular complexity index is 858. The first-order valence-corrected chi connectivity index (χ1v) is 26.0. The Hall–Kier alpha value is -0.636. The first-order valence-electron chi connectivity index (χ1n) is 12.6. The monoisotopic (exact) mass is 696 g/mol. The van der Waals surface area contributed by atoms with Crippen molar-refractivity contribution < 1.29 is 26.0 Å². The Balaban J connectivity index is -0.0000000875. The fourth-order valence-electron chi connectivity index (χ4n) is 3.56. The number of hydrogen-bond acceptors (Lipinski definition) is 6. The van der Waals surface area contributed by atoms with Gasteiger partial charge in [-0.25, -0.2) is 0 Å². The van der Waals surface area contributed by atoms with Crippen LogP contribution in [0.4, 0.5) is 0 Å². The molecule has 43 heavy (non-hydrogen) atoms. The van der Waals surface area contributed by atoms with Crippen LogP contribution in [0.25, 0.3) is 0 Å². The van der Waals surface area contributed by atoms with Crippen LogP contribution in [-0.2, 0) is 26.0 Å². The maximum atomic E-state index is 12.0. The first-order chi connectivity index (χ1) is 16.2. The van der Waals surface area contributed by atoms with Gasteiger partial charge in [-0.1, -0.05) is 69.2 Å². The molecule has 11 heteroatoms. The Morgan fingerprint density at radius 3 is 1.16 bits per heavy atom. The van der Waals surface area contributed by atoms with Crippen molar-refractivity contribution in [3.8, 4) is 37.0 Å². The molecule has 0 N–H and O–H groups in total. The predicted molar refractivity (Wildman–Crippen MR) is 206 cm³/mol. The Morgan fingerprint density at radius 1 is 0.605 bits per heavy atom. The number of hydrogen-bond donors (Lipinski definition) is 0. The highest BCUT2D eigenvalue weighted by molar-refractivity contribution is 6.88. The molecule has 0 aliphatic heterocycles. The highest BCUT2D eigenvalue weighted by Gasteiger charge is 2.48. The summed E-state index contributed by atoms with van der Waals surface area (Å²) in [6.07, 6.45) is 16.3. The third-order valence-electron chi connectivity index (χ3n) is 4.46. The van der Waals surface area contributed by atoms with Crippen LogP contribution >= 0.6 is 0 Å². The minimum Gasteiger partial charge on any atom is -0.417 e. The van der Waals surface area contributed by atoms with E-state index >= 15 is 0 Å². The van der Waals surface area contributed by atoms with E-state index in [0.29, 0.717) is 11.7 Å². The standard InChI is InChI=1S/C14H32O4Si4.C12H20O2Si.6CH4/c1-11-14(3,4)16-22(10,17-20(5,6)7)18-21(8,9)13-19(15)12-2;1-9-11(3,4)13-15(7,8)14-12(5,6)10-2;;;;;;/h1H,12-13H2,2-10H3;1-2H,3-8H3;6*1H4. The van der Waals surface area contributed by atoms with E-state index in [-0.39, 0.29) is 44.6 Å². The minimum absolute atomic E-state index is 0. The lowest BCUT2D eigenvalue weighted by molar-refractivity contribution is 0.0552. The van der Waals surface area contributed by atoms with E-state index in [4.69, 9.17) is 40.8 Å². The van der Waals surface area contributed by atoms with E-state index < -0.39 is 59.5 Å². The van der Waals surface area contributed by atoms with E-state index in [2.05, 4.69) is 50.5 Å². The summed E-state index contributed by atoms with van der Waals surface area (Å²) in [4.78, 5) is 0. The molecular formula is C32H76O6Si5. The van der Waals surface area contributed by atoms with Gasteiger partial charge in [0.15, 0.2) is 16.6 Å². The largest absolute Gasteiger partial charge is 0.477 e. The second kappa shape index (κ2) is 22.8.